The molecule has 2 aromatic rings. The second-order valence-electron chi connectivity index (χ2n) is 7.41. The van der Waals surface area contributed by atoms with E-state index >= 15 is 0 Å². The highest BCUT2D eigenvalue weighted by atomic mass is 19.4. The van der Waals surface area contributed by atoms with Crippen LogP contribution in [0.15, 0.2) is 47.8 Å². The van der Waals surface area contributed by atoms with E-state index in [4.69, 9.17) is 20.4 Å². The molecule has 1 aromatic carbocycles. The number of hydrogen-bond acceptors (Lipinski definition) is 7. The van der Waals surface area contributed by atoms with Crippen molar-refractivity contribution in [2.75, 3.05) is 11.9 Å². The third-order valence-corrected chi connectivity index (χ3v) is 4.60. The lowest BCUT2D eigenvalue weighted by Gasteiger charge is -2.12. The molecule has 3 rings (SSSR count). The Kier molecular flexibility index (Phi) is 9.36. The van der Waals surface area contributed by atoms with Crippen LogP contribution in [0.5, 0.6) is 5.75 Å². The fraction of sp³-hybridized carbons (Fsp3) is 0.364. The highest BCUT2D eigenvalue weighted by Crippen LogP contribution is 2.35. The van der Waals surface area contributed by atoms with Crippen molar-refractivity contribution < 1.29 is 37.4 Å². The Labute approximate surface area is 193 Å². The Balaban J connectivity index is 0.000000242. The Bertz CT molecular complexity index is 1030. The maximum absolute atomic E-state index is 12.5. The lowest BCUT2D eigenvalue weighted by atomic mass is 10.2. The zero-order valence-electron chi connectivity index (χ0n) is 18.5. The lowest BCUT2D eigenvalue weighted by molar-refractivity contribution is -0.138. The van der Waals surface area contributed by atoms with E-state index in [1.807, 2.05) is 6.92 Å². The number of pyridine rings is 1. The number of alkyl halides is 3. The largest absolute Gasteiger partial charge is 0.487 e. The van der Waals surface area contributed by atoms with Crippen molar-refractivity contribution in [3.05, 3.63) is 53.9 Å². The fourth-order valence-corrected chi connectivity index (χ4v) is 2.90. The molecule has 2 atom stereocenters. The van der Waals surface area contributed by atoms with Crippen molar-refractivity contribution in [2.24, 2.45) is 10.9 Å². The van der Waals surface area contributed by atoms with Crippen LogP contribution in [0.3, 0.4) is 0 Å². The number of rotatable bonds is 6. The van der Waals surface area contributed by atoms with Crippen molar-refractivity contribution in [1.29, 1.82) is 0 Å². The van der Waals surface area contributed by atoms with E-state index in [1.165, 1.54) is 37.4 Å². The molecule has 1 aliphatic rings. The standard InChI is InChI=1S/C12H15N3O3.C10H10F3NO2/c1-7-2-3-10(18-7)12(17)15-8-4-5-14-9(6-8)11(13)16;1-7(14-15)6-16-9-5-3-2-4-8(9)10(11,12)13/h4-7,10H,2-3H2,1H3,(H2,13,16)(H,14,15,17);2-5,15H,6H2,1H3/b;14-7+. The van der Waals surface area contributed by atoms with E-state index in [-0.39, 0.29) is 35.8 Å². The molecule has 0 radical (unpaired) electrons. The number of amides is 2. The minimum Gasteiger partial charge on any atom is -0.487 e. The number of nitrogens with zero attached hydrogens (tertiary/aromatic N) is 2. The van der Waals surface area contributed by atoms with E-state index in [0.29, 0.717) is 12.1 Å². The van der Waals surface area contributed by atoms with Crippen molar-refractivity contribution in [3.8, 4) is 5.75 Å². The molecular weight excluding hydrogens is 457 g/mol. The monoisotopic (exact) mass is 482 g/mol. The molecule has 1 saturated heterocycles. The normalized spacial score (nSPS) is 18.0. The van der Waals surface area contributed by atoms with E-state index in [0.717, 1.165) is 12.5 Å². The van der Waals surface area contributed by atoms with E-state index in [1.54, 1.807) is 6.07 Å². The summed E-state index contributed by atoms with van der Waals surface area (Å²) < 4.78 is 47.8. The number of oxime groups is 1. The van der Waals surface area contributed by atoms with Crippen LogP contribution in [0.25, 0.3) is 0 Å². The summed E-state index contributed by atoms with van der Waals surface area (Å²) >= 11 is 0. The first kappa shape index (κ1) is 26.6. The molecule has 4 N–H and O–H groups in total. The lowest BCUT2D eigenvalue weighted by Crippen LogP contribution is -2.28. The maximum Gasteiger partial charge on any atom is 0.419 e. The second kappa shape index (κ2) is 12.0. The summed E-state index contributed by atoms with van der Waals surface area (Å²) in [5.41, 5.74) is 5.07. The fourth-order valence-electron chi connectivity index (χ4n) is 2.90. The van der Waals surface area contributed by atoms with Crippen LogP contribution in [-0.4, -0.2) is 46.5 Å². The van der Waals surface area contributed by atoms with E-state index in [2.05, 4.69) is 15.5 Å². The molecule has 1 aliphatic heterocycles. The number of carbonyl (C=O) groups excluding carboxylic acids is 2. The second-order valence-corrected chi connectivity index (χ2v) is 7.41. The van der Waals surface area contributed by atoms with Gasteiger partial charge in [0.2, 0.25) is 0 Å². The Morgan fingerprint density at radius 3 is 2.59 bits per heavy atom. The molecule has 184 valence electrons. The van der Waals surface area contributed by atoms with E-state index in [9.17, 15) is 22.8 Å². The summed E-state index contributed by atoms with van der Waals surface area (Å²) in [7, 11) is 0. The predicted molar refractivity (Wildman–Crippen MR) is 117 cm³/mol. The summed E-state index contributed by atoms with van der Waals surface area (Å²) in [5.74, 6) is -1.11. The van der Waals surface area contributed by atoms with Gasteiger partial charge in [0.05, 0.1) is 17.4 Å². The van der Waals surface area contributed by atoms with Gasteiger partial charge in [-0.3, -0.25) is 14.6 Å². The summed E-state index contributed by atoms with van der Waals surface area (Å²) in [6.07, 6.45) is -1.76. The Morgan fingerprint density at radius 2 is 2.00 bits per heavy atom. The molecule has 1 fully saturated rings. The number of primary amides is 1. The van der Waals surface area contributed by atoms with Gasteiger partial charge < -0.3 is 25.7 Å². The van der Waals surface area contributed by atoms with Crippen molar-refractivity contribution in [1.82, 2.24) is 4.98 Å². The summed E-state index contributed by atoms with van der Waals surface area (Å²) in [5, 5.41) is 13.8. The molecule has 0 bridgehead atoms. The highest BCUT2D eigenvalue weighted by Gasteiger charge is 2.34. The van der Waals surface area contributed by atoms with Crippen molar-refractivity contribution in [2.45, 2.75) is 45.1 Å². The number of ether oxygens (including phenoxy) is 2. The van der Waals surface area contributed by atoms with Gasteiger partial charge >= 0.3 is 6.18 Å². The average molecular weight is 482 g/mol. The number of nitrogens with two attached hydrogens (primary N) is 1. The number of aromatic nitrogens is 1. The minimum atomic E-state index is -4.46. The smallest absolute Gasteiger partial charge is 0.419 e. The van der Waals surface area contributed by atoms with Crippen LogP contribution in [0.1, 0.15) is 42.7 Å². The number of hydrogen-bond donors (Lipinski definition) is 3. The van der Waals surface area contributed by atoms with Gasteiger partial charge in [-0.25, -0.2) is 0 Å². The summed E-state index contributed by atoms with van der Waals surface area (Å²) in [4.78, 5) is 26.6. The SMILES string of the molecule is C/C(COc1ccccc1C(F)(F)F)=N\O.CC1CCC(C(=O)Nc2ccnc(C(N)=O)c2)O1. The topological polar surface area (TPSA) is 136 Å². The average Bonchev–Trinajstić information content (AvgIpc) is 3.24. The van der Waals surface area contributed by atoms with Gasteiger partial charge in [0.15, 0.2) is 0 Å². The number of nitrogens with one attached hydrogen (secondary N) is 1. The van der Waals surface area contributed by atoms with Crippen molar-refractivity contribution >= 4 is 23.2 Å². The number of anilines is 1. The predicted octanol–water partition coefficient (Wildman–Crippen LogP) is 3.62. The third-order valence-electron chi connectivity index (χ3n) is 4.60. The first-order valence-electron chi connectivity index (χ1n) is 10.2. The highest BCUT2D eigenvalue weighted by molar-refractivity contribution is 5.96. The van der Waals surface area contributed by atoms with Gasteiger partial charge in [0, 0.05) is 11.9 Å². The zero-order chi connectivity index (χ0) is 25.3. The third kappa shape index (κ3) is 8.03. The molecule has 0 saturated carbocycles. The Hall–Kier alpha value is -3.67. The molecule has 12 heteroatoms. The number of carbonyl (C=O) groups is 2. The molecule has 9 nitrogen and oxygen atoms in total. The van der Waals surface area contributed by atoms with Crippen molar-refractivity contribution in [3.63, 3.8) is 0 Å². The first-order chi connectivity index (χ1) is 16.0. The molecule has 2 unspecified atom stereocenters. The van der Waals surface area contributed by atoms with Crippen LogP contribution in [-0.2, 0) is 15.7 Å². The van der Waals surface area contributed by atoms with Crippen LogP contribution in [0.2, 0.25) is 0 Å². The van der Waals surface area contributed by atoms with Gasteiger partial charge in [0.1, 0.15) is 24.2 Å². The van der Waals surface area contributed by atoms with Gasteiger partial charge in [-0.15, -0.1) is 0 Å². The zero-order valence-corrected chi connectivity index (χ0v) is 18.5. The summed E-state index contributed by atoms with van der Waals surface area (Å²) in [6.45, 7) is 3.19. The molecule has 0 aliphatic carbocycles. The Morgan fingerprint density at radius 1 is 1.29 bits per heavy atom. The van der Waals surface area contributed by atoms with Crippen LogP contribution in [0, 0.1) is 0 Å². The van der Waals surface area contributed by atoms with Gasteiger partial charge in [-0.2, -0.15) is 13.2 Å². The van der Waals surface area contributed by atoms with Crippen LogP contribution >= 0.6 is 0 Å². The van der Waals surface area contributed by atoms with Crippen LogP contribution in [0.4, 0.5) is 18.9 Å². The van der Waals surface area contributed by atoms with E-state index < -0.39 is 23.8 Å². The maximum atomic E-state index is 12.5. The van der Waals surface area contributed by atoms with Gasteiger partial charge in [-0.05, 0) is 51.0 Å². The van der Waals surface area contributed by atoms with Crippen LogP contribution < -0.4 is 15.8 Å². The number of para-hydroxylation sites is 1. The van der Waals surface area contributed by atoms with Gasteiger partial charge in [-0.1, -0.05) is 17.3 Å². The molecular formula is C22H25F3N4O5. The quantitative estimate of drug-likeness (QED) is 0.327. The number of halogens is 3. The molecule has 34 heavy (non-hydrogen) atoms. The number of benzene rings is 1. The minimum absolute atomic E-state index is 0.111. The summed E-state index contributed by atoms with van der Waals surface area (Å²) in [6, 6.07) is 7.91. The first-order valence-corrected chi connectivity index (χ1v) is 10.2. The molecule has 2 heterocycles. The van der Waals surface area contributed by atoms with Gasteiger partial charge in [0.25, 0.3) is 11.8 Å². The molecule has 1 aromatic heterocycles. The molecule has 2 amide bonds. The molecule has 0 spiro atoms.